The van der Waals surface area contributed by atoms with Crippen molar-refractivity contribution in [3.05, 3.63) is 35.4 Å². The van der Waals surface area contributed by atoms with Gasteiger partial charge in [0.15, 0.2) is 0 Å². The molecule has 0 radical (unpaired) electrons. The lowest BCUT2D eigenvalue weighted by atomic mass is 10.0. The third kappa shape index (κ3) is 1.67. The van der Waals surface area contributed by atoms with Gasteiger partial charge in [-0.05, 0) is 24.5 Å². The standard InChI is InChI=1S/C10H13N/c1-3-9-6-4-5-7-10(9)8(2)11/h4-7,11H,3H2,1-2H3. The molecule has 1 aromatic carbocycles. The van der Waals surface area contributed by atoms with Crippen LogP contribution in [0.1, 0.15) is 25.0 Å². The van der Waals surface area contributed by atoms with Crippen molar-refractivity contribution in [1.82, 2.24) is 0 Å². The van der Waals surface area contributed by atoms with Crippen molar-refractivity contribution in [1.29, 1.82) is 5.41 Å². The van der Waals surface area contributed by atoms with E-state index >= 15 is 0 Å². The summed E-state index contributed by atoms with van der Waals surface area (Å²) in [6.07, 6.45) is 1.01. The van der Waals surface area contributed by atoms with Crippen LogP contribution in [-0.4, -0.2) is 5.71 Å². The lowest BCUT2D eigenvalue weighted by Gasteiger charge is -2.03. The molecule has 0 atom stereocenters. The number of benzene rings is 1. The molecule has 1 nitrogen and oxygen atoms in total. The highest BCUT2D eigenvalue weighted by molar-refractivity contribution is 5.97. The summed E-state index contributed by atoms with van der Waals surface area (Å²) in [6, 6.07) is 8.08. The Morgan fingerprint density at radius 1 is 1.36 bits per heavy atom. The van der Waals surface area contributed by atoms with Gasteiger partial charge in [0.05, 0.1) is 0 Å². The summed E-state index contributed by atoms with van der Waals surface area (Å²) in [6.45, 7) is 3.94. The Labute approximate surface area is 67.6 Å². The minimum absolute atomic E-state index is 0.655. The molecule has 0 spiro atoms. The predicted octanol–water partition coefficient (Wildman–Crippen LogP) is 2.64. The number of hydrogen-bond donors (Lipinski definition) is 1. The van der Waals surface area contributed by atoms with Crippen LogP contribution in [0, 0.1) is 5.41 Å². The van der Waals surface area contributed by atoms with Crippen molar-refractivity contribution in [3.8, 4) is 0 Å². The lowest BCUT2D eigenvalue weighted by molar-refractivity contribution is 1.13. The molecule has 1 rings (SSSR count). The van der Waals surface area contributed by atoms with E-state index < -0.39 is 0 Å². The predicted molar refractivity (Wildman–Crippen MR) is 48.3 cm³/mol. The van der Waals surface area contributed by atoms with E-state index in [0.717, 1.165) is 12.0 Å². The van der Waals surface area contributed by atoms with E-state index in [0.29, 0.717) is 5.71 Å². The van der Waals surface area contributed by atoms with Crippen molar-refractivity contribution in [2.45, 2.75) is 20.3 Å². The third-order valence-electron chi connectivity index (χ3n) is 1.80. The normalized spacial score (nSPS) is 9.64. The van der Waals surface area contributed by atoms with E-state index in [2.05, 4.69) is 13.0 Å². The second-order valence-electron chi connectivity index (χ2n) is 2.64. The van der Waals surface area contributed by atoms with Crippen LogP contribution >= 0.6 is 0 Å². The van der Waals surface area contributed by atoms with Crippen LogP contribution in [0.25, 0.3) is 0 Å². The zero-order valence-electron chi connectivity index (χ0n) is 7.02. The highest BCUT2D eigenvalue weighted by atomic mass is 14.4. The molecule has 1 heteroatoms. The number of rotatable bonds is 2. The first-order valence-electron chi connectivity index (χ1n) is 3.89. The van der Waals surface area contributed by atoms with Crippen molar-refractivity contribution in [2.24, 2.45) is 0 Å². The average Bonchev–Trinajstić information content (AvgIpc) is 2.04. The zero-order valence-corrected chi connectivity index (χ0v) is 7.02. The zero-order chi connectivity index (χ0) is 8.27. The largest absolute Gasteiger partial charge is 0.305 e. The molecule has 11 heavy (non-hydrogen) atoms. The van der Waals surface area contributed by atoms with Gasteiger partial charge >= 0.3 is 0 Å². The first kappa shape index (κ1) is 7.99. The highest BCUT2D eigenvalue weighted by Gasteiger charge is 1.99. The van der Waals surface area contributed by atoms with Gasteiger partial charge in [0, 0.05) is 5.71 Å². The molecule has 0 bridgehead atoms. The van der Waals surface area contributed by atoms with E-state index in [1.807, 2.05) is 25.1 Å². The summed E-state index contributed by atoms with van der Waals surface area (Å²) in [5, 5.41) is 7.48. The Balaban J connectivity index is 3.12. The van der Waals surface area contributed by atoms with Crippen LogP contribution < -0.4 is 0 Å². The van der Waals surface area contributed by atoms with Crippen LogP contribution in [0.5, 0.6) is 0 Å². The molecule has 0 heterocycles. The Hall–Kier alpha value is -1.11. The first-order valence-corrected chi connectivity index (χ1v) is 3.89. The van der Waals surface area contributed by atoms with Crippen molar-refractivity contribution in [2.75, 3.05) is 0 Å². The van der Waals surface area contributed by atoms with Gasteiger partial charge in [-0.3, -0.25) is 0 Å². The molecule has 0 aliphatic heterocycles. The van der Waals surface area contributed by atoms with Gasteiger partial charge in [-0.15, -0.1) is 0 Å². The SMILES string of the molecule is CCc1ccccc1C(C)=N. The topological polar surface area (TPSA) is 23.9 Å². The quantitative estimate of drug-likeness (QED) is 0.622. The van der Waals surface area contributed by atoms with Crippen molar-refractivity contribution < 1.29 is 0 Å². The molecule has 58 valence electrons. The molecule has 1 aromatic rings. The average molecular weight is 147 g/mol. The van der Waals surface area contributed by atoms with Crippen LogP contribution in [0.4, 0.5) is 0 Å². The summed E-state index contributed by atoms with van der Waals surface area (Å²) >= 11 is 0. The van der Waals surface area contributed by atoms with Crippen LogP contribution in [0.2, 0.25) is 0 Å². The molecule has 0 saturated carbocycles. The number of aryl methyl sites for hydroxylation is 1. The maximum absolute atomic E-state index is 7.48. The molecule has 0 aliphatic carbocycles. The van der Waals surface area contributed by atoms with E-state index in [9.17, 15) is 0 Å². The van der Waals surface area contributed by atoms with Crippen molar-refractivity contribution >= 4 is 5.71 Å². The second-order valence-corrected chi connectivity index (χ2v) is 2.64. The fourth-order valence-electron chi connectivity index (χ4n) is 1.19. The van der Waals surface area contributed by atoms with E-state index in [4.69, 9.17) is 5.41 Å². The van der Waals surface area contributed by atoms with Gasteiger partial charge in [-0.2, -0.15) is 0 Å². The summed E-state index contributed by atoms with van der Waals surface area (Å²) in [7, 11) is 0. The summed E-state index contributed by atoms with van der Waals surface area (Å²) < 4.78 is 0. The molecule has 0 amide bonds. The van der Waals surface area contributed by atoms with E-state index in [-0.39, 0.29) is 0 Å². The van der Waals surface area contributed by atoms with Gasteiger partial charge < -0.3 is 5.41 Å². The fraction of sp³-hybridized carbons (Fsp3) is 0.300. The molecule has 0 unspecified atom stereocenters. The number of nitrogens with one attached hydrogen (secondary N) is 1. The Bertz CT molecular complexity index is 263. The fourth-order valence-corrected chi connectivity index (χ4v) is 1.19. The monoisotopic (exact) mass is 147 g/mol. The van der Waals surface area contributed by atoms with Gasteiger partial charge in [-0.1, -0.05) is 31.2 Å². The Morgan fingerprint density at radius 2 is 2.00 bits per heavy atom. The third-order valence-corrected chi connectivity index (χ3v) is 1.80. The van der Waals surface area contributed by atoms with Gasteiger partial charge in [-0.25, -0.2) is 0 Å². The maximum atomic E-state index is 7.48. The van der Waals surface area contributed by atoms with Crippen LogP contribution in [0.15, 0.2) is 24.3 Å². The first-order chi connectivity index (χ1) is 5.25. The minimum Gasteiger partial charge on any atom is -0.305 e. The summed E-state index contributed by atoms with van der Waals surface area (Å²) in [4.78, 5) is 0. The van der Waals surface area contributed by atoms with Crippen molar-refractivity contribution in [3.63, 3.8) is 0 Å². The molecule has 1 N–H and O–H groups in total. The molecule has 0 aromatic heterocycles. The second kappa shape index (κ2) is 3.33. The van der Waals surface area contributed by atoms with Crippen LogP contribution in [-0.2, 0) is 6.42 Å². The lowest BCUT2D eigenvalue weighted by Crippen LogP contribution is -1.97. The Morgan fingerprint density at radius 3 is 2.45 bits per heavy atom. The maximum Gasteiger partial charge on any atom is 0.0357 e. The minimum atomic E-state index is 0.655. The summed E-state index contributed by atoms with van der Waals surface area (Å²) in [5.74, 6) is 0. The van der Waals surface area contributed by atoms with Crippen LogP contribution in [0.3, 0.4) is 0 Å². The smallest absolute Gasteiger partial charge is 0.0357 e. The van der Waals surface area contributed by atoms with E-state index in [1.54, 1.807) is 0 Å². The molecular weight excluding hydrogens is 134 g/mol. The van der Waals surface area contributed by atoms with Gasteiger partial charge in [0.25, 0.3) is 0 Å². The highest BCUT2D eigenvalue weighted by Crippen LogP contribution is 2.09. The molecular formula is C10H13N. The number of hydrogen-bond acceptors (Lipinski definition) is 1. The summed E-state index contributed by atoms with van der Waals surface area (Å²) in [5.41, 5.74) is 3.00. The van der Waals surface area contributed by atoms with Gasteiger partial charge in [0.1, 0.15) is 0 Å². The molecule has 0 aliphatic rings. The molecule has 0 fully saturated rings. The Kier molecular flexibility index (Phi) is 2.42. The molecule has 0 saturated heterocycles. The van der Waals surface area contributed by atoms with E-state index in [1.165, 1.54) is 5.56 Å². The van der Waals surface area contributed by atoms with Gasteiger partial charge in [0.2, 0.25) is 0 Å².